The van der Waals surface area contributed by atoms with Gasteiger partial charge in [0.25, 0.3) is 0 Å². The number of nitrogens with one attached hydrogen (secondary N) is 3. The highest BCUT2D eigenvalue weighted by Gasteiger charge is 2.19. The maximum absolute atomic E-state index is 11.5. The van der Waals surface area contributed by atoms with E-state index in [0.717, 1.165) is 22.9 Å². The number of aliphatic imine (C=N–C) groups is 1. The average Bonchev–Trinajstić information content (AvgIpc) is 2.82. The zero-order chi connectivity index (χ0) is 15.7. The highest BCUT2D eigenvalue weighted by Crippen LogP contribution is 2.35. The van der Waals surface area contributed by atoms with Gasteiger partial charge in [0.05, 0.1) is 18.6 Å². The van der Waals surface area contributed by atoms with Gasteiger partial charge in [-0.25, -0.2) is 9.55 Å². The molecule has 4 N–H and O–H groups in total. The molecule has 1 rings (SSSR count). The van der Waals surface area contributed by atoms with Crippen LogP contribution in [0.3, 0.4) is 0 Å². The molecule has 0 aliphatic rings. The van der Waals surface area contributed by atoms with Crippen LogP contribution in [0.1, 0.15) is 18.3 Å². The molecular formula is C11H23BrN5O3PS. The van der Waals surface area contributed by atoms with Gasteiger partial charge in [-0.15, -0.1) is 17.0 Å². The van der Waals surface area contributed by atoms with Crippen LogP contribution in [0.5, 0.6) is 0 Å². The predicted octanol–water partition coefficient (Wildman–Crippen LogP) is 1.83. The molecule has 1 atom stereocenters. The third-order valence-corrected chi connectivity index (χ3v) is 4.56. The summed E-state index contributed by atoms with van der Waals surface area (Å²) in [6, 6.07) is 0. The summed E-state index contributed by atoms with van der Waals surface area (Å²) in [6.45, 7) is 4.39. The van der Waals surface area contributed by atoms with Gasteiger partial charge in [-0.2, -0.15) is 11.8 Å². The van der Waals surface area contributed by atoms with E-state index >= 15 is 0 Å². The Morgan fingerprint density at radius 2 is 2.36 bits per heavy atom. The van der Waals surface area contributed by atoms with Crippen molar-refractivity contribution in [3.05, 3.63) is 17.7 Å². The number of hydrogen-bond acceptors (Lipinski definition) is 5. The van der Waals surface area contributed by atoms with Crippen LogP contribution in [0.4, 0.5) is 0 Å². The maximum Gasteiger partial charge on any atom is 0.432 e. The molecule has 0 aromatic carbocycles. The first kappa shape index (κ1) is 21.5. The minimum Gasteiger partial charge on any atom is -0.355 e. The molecule has 0 bridgehead atoms. The van der Waals surface area contributed by atoms with Crippen LogP contribution < -0.4 is 10.4 Å². The lowest BCUT2D eigenvalue weighted by atomic mass is 10.4. The Balaban J connectivity index is 0.00000441. The van der Waals surface area contributed by atoms with Crippen LogP contribution >= 0.6 is 36.5 Å². The Labute approximate surface area is 145 Å². The van der Waals surface area contributed by atoms with E-state index in [1.165, 1.54) is 7.05 Å². The summed E-state index contributed by atoms with van der Waals surface area (Å²) < 4.78 is 16.3. The largest absolute Gasteiger partial charge is 0.432 e. The normalized spacial score (nSPS) is 14.1. The van der Waals surface area contributed by atoms with Crippen molar-refractivity contribution in [1.82, 2.24) is 20.4 Å². The second kappa shape index (κ2) is 11.1. The molecule has 0 spiro atoms. The minimum absolute atomic E-state index is 0. The summed E-state index contributed by atoms with van der Waals surface area (Å²) in [6.07, 6.45) is 1.68. The van der Waals surface area contributed by atoms with Gasteiger partial charge in [0.1, 0.15) is 0 Å². The topological polar surface area (TPSA) is 112 Å². The van der Waals surface area contributed by atoms with Gasteiger partial charge in [0, 0.05) is 30.8 Å². The van der Waals surface area contributed by atoms with Crippen molar-refractivity contribution in [2.24, 2.45) is 4.99 Å². The van der Waals surface area contributed by atoms with Crippen LogP contribution in [-0.2, 0) is 14.8 Å². The molecule has 11 heteroatoms. The number of guanidine groups is 1. The first-order valence-corrected chi connectivity index (χ1v) is 9.24. The van der Waals surface area contributed by atoms with Crippen LogP contribution in [0.25, 0.3) is 0 Å². The van der Waals surface area contributed by atoms with Gasteiger partial charge >= 0.3 is 7.75 Å². The molecule has 22 heavy (non-hydrogen) atoms. The third kappa shape index (κ3) is 8.19. The number of aryl methyl sites for hydroxylation is 1. The highest BCUT2D eigenvalue weighted by molar-refractivity contribution is 8.93. The lowest BCUT2D eigenvalue weighted by Gasteiger charge is -2.15. The SMILES string of the molecule is Br.CCOP(=O)(O)NC(=NC)NCCSCc1nc[nH]c1C. The van der Waals surface area contributed by atoms with Gasteiger partial charge in [0.2, 0.25) is 0 Å². The van der Waals surface area contributed by atoms with E-state index < -0.39 is 7.75 Å². The summed E-state index contributed by atoms with van der Waals surface area (Å²) in [7, 11) is -2.30. The molecule has 0 radical (unpaired) electrons. The summed E-state index contributed by atoms with van der Waals surface area (Å²) in [5.74, 6) is 1.88. The Hall–Kier alpha value is -0.540. The highest BCUT2D eigenvalue weighted by atomic mass is 79.9. The predicted molar refractivity (Wildman–Crippen MR) is 95.8 cm³/mol. The zero-order valence-corrected chi connectivity index (χ0v) is 16.3. The van der Waals surface area contributed by atoms with Crippen molar-refractivity contribution >= 4 is 42.4 Å². The van der Waals surface area contributed by atoms with E-state index in [1.54, 1.807) is 25.0 Å². The smallest absolute Gasteiger partial charge is 0.355 e. The summed E-state index contributed by atoms with van der Waals surface area (Å²) >= 11 is 1.72. The van der Waals surface area contributed by atoms with Crippen molar-refractivity contribution in [2.75, 3.05) is 26.0 Å². The van der Waals surface area contributed by atoms with Crippen molar-refractivity contribution in [2.45, 2.75) is 19.6 Å². The lowest BCUT2D eigenvalue weighted by molar-refractivity contribution is 0.269. The molecule has 128 valence electrons. The Bertz CT molecular complexity index is 514. The molecule has 0 aliphatic carbocycles. The molecule has 1 aromatic rings. The fourth-order valence-corrected chi connectivity index (χ4v) is 3.19. The van der Waals surface area contributed by atoms with Crippen molar-refractivity contribution < 1.29 is 14.0 Å². The third-order valence-electron chi connectivity index (χ3n) is 2.49. The van der Waals surface area contributed by atoms with Crippen LogP contribution in [0.2, 0.25) is 0 Å². The molecule has 0 saturated heterocycles. The lowest BCUT2D eigenvalue weighted by Crippen LogP contribution is -2.36. The molecule has 1 aromatic heterocycles. The summed E-state index contributed by atoms with van der Waals surface area (Å²) in [5.41, 5.74) is 2.12. The van der Waals surface area contributed by atoms with E-state index in [4.69, 9.17) is 4.52 Å². The Morgan fingerprint density at radius 3 is 2.91 bits per heavy atom. The van der Waals surface area contributed by atoms with Crippen molar-refractivity contribution in [1.29, 1.82) is 0 Å². The molecule has 0 fully saturated rings. The number of nitrogens with zero attached hydrogens (tertiary/aromatic N) is 2. The first-order chi connectivity index (χ1) is 9.98. The van der Waals surface area contributed by atoms with E-state index in [9.17, 15) is 9.46 Å². The van der Waals surface area contributed by atoms with Gasteiger partial charge < -0.3 is 15.2 Å². The fraction of sp³-hybridized carbons (Fsp3) is 0.636. The summed E-state index contributed by atoms with van der Waals surface area (Å²) in [4.78, 5) is 20.6. The van der Waals surface area contributed by atoms with E-state index in [0.29, 0.717) is 6.54 Å². The van der Waals surface area contributed by atoms with Crippen molar-refractivity contribution in [3.8, 4) is 0 Å². The molecule has 0 saturated carbocycles. The number of thioether (sulfide) groups is 1. The first-order valence-electron chi connectivity index (χ1n) is 6.51. The number of aromatic nitrogens is 2. The number of halogens is 1. The van der Waals surface area contributed by atoms with Crippen LogP contribution in [0, 0.1) is 6.92 Å². The zero-order valence-electron chi connectivity index (χ0n) is 12.8. The fourth-order valence-electron chi connectivity index (χ4n) is 1.45. The number of imidazole rings is 1. The van der Waals surface area contributed by atoms with E-state index in [-0.39, 0.29) is 29.5 Å². The maximum atomic E-state index is 11.5. The molecular weight excluding hydrogens is 393 g/mol. The van der Waals surface area contributed by atoms with Crippen molar-refractivity contribution in [3.63, 3.8) is 0 Å². The molecule has 1 unspecified atom stereocenters. The van der Waals surface area contributed by atoms with Crippen LogP contribution in [0.15, 0.2) is 11.3 Å². The minimum atomic E-state index is -3.83. The van der Waals surface area contributed by atoms with E-state index in [1.807, 2.05) is 6.92 Å². The number of aromatic amines is 1. The molecule has 8 nitrogen and oxygen atoms in total. The number of rotatable bonds is 8. The number of hydrogen-bond donors (Lipinski definition) is 4. The Morgan fingerprint density at radius 1 is 1.64 bits per heavy atom. The molecule has 0 amide bonds. The standard InChI is InChI=1S/C11H22N5O3PS.BrH/c1-4-19-20(17,18)16-11(12-3)13-5-6-21-7-10-9(2)14-8-15-10;/h8H,4-7H2,1-3H3,(H,14,15)(H3,12,13,16,17,18);1H. The summed E-state index contributed by atoms with van der Waals surface area (Å²) in [5, 5.41) is 5.31. The van der Waals surface area contributed by atoms with Gasteiger partial charge in [-0.05, 0) is 13.8 Å². The Kier molecular flexibility index (Phi) is 10.8. The van der Waals surface area contributed by atoms with Gasteiger partial charge in [-0.1, -0.05) is 0 Å². The van der Waals surface area contributed by atoms with E-state index in [2.05, 4.69) is 25.4 Å². The van der Waals surface area contributed by atoms with Gasteiger partial charge in [0.15, 0.2) is 5.96 Å². The van der Waals surface area contributed by atoms with Crippen LogP contribution in [-0.4, -0.2) is 46.8 Å². The molecule has 1 heterocycles. The molecule has 0 aliphatic heterocycles. The quantitative estimate of drug-likeness (QED) is 0.221. The van der Waals surface area contributed by atoms with Gasteiger partial charge in [-0.3, -0.25) is 14.6 Å². The second-order valence-electron chi connectivity index (χ2n) is 4.08. The second-order valence-corrected chi connectivity index (χ2v) is 6.70. The number of H-pyrrole nitrogens is 1. The average molecular weight is 416 g/mol. The monoisotopic (exact) mass is 415 g/mol.